The molecular formula is C20H22F2N2O5S. The standard InChI is InChI=1S/C20H22F2N2O5S/c1-28-17-9-4-14(12-18(17)30(26,27)24-15-5-6-15)19(25)23-11-10-13-2-7-16(8-3-13)29-20(21)22/h2-4,7-9,12,15,20,24H,5-6,10-11H2,1H3,(H,23,25). The average Bonchev–Trinajstić information content (AvgIpc) is 3.51. The van der Waals surface area contributed by atoms with Gasteiger partial charge in [-0.05, 0) is 55.2 Å². The Kier molecular flexibility index (Phi) is 6.88. The molecular weight excluding hydrogens is 418 g/mol. The van der Waals surface area contributed by atoms with E-state index in [-0.39, 0.29) is 34.5 Å². The van der Waals surface area contributed by atoms with E-state index in [1.54, 1.807) is 12.1 Å². The predicted molar refractivity (Wildman–Crippen MR) is 105 cm³/mol. The molecule has 2 N–H and O–H groups in total. The average molecular weight is 440 g/mol. The number of nitrogens with one attached hydrogen (secondary N) is 2. The number of halogens is 2. The molecule has 7 nitrogen and oxygen atoms in total. The van der Waals surface area contributed by atoms with Crippen LogP contribution in [-0.2, 0) is 16.4 Å². The smallest absolute Gasteiger partial charge is 0.387 e. The van der Waals surface area contributed by atoms with Gasteiger partial charge in [-0.3, -0.25) is 4.79 Å². The molecule has 1 amide bonds. The molecule has 1 aliphatic carbocycles. The highest BCUT2D eigenvalue weighted by Crippen LogP contribution is 2.28. The quantitative estimate of drug-likeness (QED) is 0.593. The number of rotatable bonds is 10. The molecule has 3 rings (SSSR count). The van der Waals surface area contributed by atoms with E-state index in [2.05, 4.69) is 14.8 Å². The maximum absolute atomic E-state index is 12.6. The fourth-order valence-corrected chi connectivity index (χ4v) is 4.27. The van der Waals surface area contributed by atoms with E-state index in [4.69, 9.17) is 4.74 Å². The van der Waals surface area contributed by atoms with Gasteiger partial charge in [-0.1, -0.05) is 12.1 Å². The van der Waals surface area contributed by atoms with Gasteiger partial charge in [0, 0.05) is 18.2 Å². The minimum atomic E-state index is -3.79. The van der Waals surface area contributed by atoms with Gasteiger partial charge in [0.05, 0.1) is 7.11 Å². The molecule has 162 valence electrons. The number of hydrogen-bond donors (Lipinski definition) is 2. The molecule has 0 unspecified atom stereocenters. The lowest BCUT2D eigenvalue weighted by Crippen LogP contribution is -2.28. The zero-order valence-corrected chi connectivity index (χ0v) is 17.0. The Labute approximate surface area is 173 Å². The topological polar surface area (TPSA) is 93.7 Å². The van der Waals surface area contributed by atoms with Crippen molar-refractivity contribution in [2.24, 2.45) is 0 Å². The summed E-state index contributed by atoms with van der Waals surface area (Å²) in [6.45, 7) is -2.60. The number of sulfonamides is 1. The van der Waals surface area contributed by atoms with Gasteiger partial charge in [0.1, 0.15) is 16.4 Å². The monoisotopic (exact) mass is 440 g/mol. The molecule has 0 bridgehead atoms. The summed E-state index contributed by atoms with van der Waals surface area (Å²) in [4.78, 5) is 12.4. The molecule has 0 atom stereocenters. The molecule has 0 aliphatic heterocycles. The van der Waals surface area contributed by atoms with Crippen molar-refractivity contribution in [1.29, 1.82) is 0 Å². The number of carbonyl (C=O) groups is 1. The number of benzene rings is 2. The number of carbonyl (C=O) groups excluding carboxylic acids is 1. The molecule has 1 aliphatic rings. The number of alkyl halides is 2. The minimum Gasteiger partial charge on any atom is -0.495 e. The first-order chi connectivity index (χ1) is 14.3. The van der Waals surface area contributed by atoms with E-state index in [0.29, 0.717) is 6.42 Å². The number of hydrogen-bond acceptors (Lipinski definition) is 5. The Morgan fingerprint density at radius 3 is 2.47 bits per heavy atom. The number of amides is 1. The van der Waals surface area contributed by atoms with Crippen LogP contribution in [0.5, 0.6) is 11.5 Å². The van der Waals surface area contributed by atoms with Crippen molar-refractivity contribution in [2.75, 3.05) is 13.7 Å². The lowest BCUT2D eigenvalue weighted by molar-refractivity contribution is -0.0498. The molecule has 30 heavy (non-hydrogen) atoms. The van der Waals surface area contributed by atoms with Gasteiger partial charge < -0.3 is 14.8 Å². The minimum absolute atomic E-state index is 0.0598. The molecule has 0 spiro atoms. The SMILES string of the molecule is COc1ccc(C(=O)NCCc2ccc(OC(F)F)cc2)cc1S(=O)(=O)NC1CC1. The summed E-state index contributed by atoms with van der Waals surface area (Å²) in [6.07, 6.45) is 2.04. The van der Waals surface area contributed by atoms with Crippen LogP contribution in [0.25, 0.3) is 0 Å². The second-order valence-corrected chi connectivity index (χ2v) is 8.47. The van der Waals surface area contributed by atoms with Crippen molar-refractivity contribution in [3.05, 3.63) is 53.6 Å². The third kappa shape index (κ3) is 5.90. The Bertz CT molecular complexity index is 993. The van der Waals surface area contributed by atoms with Crippen LogP contribution in [0.3, 0.4) is 0 Å². The first-order valence-corrected chi connectivity index (χ1v) is 10.8. The molecule has 2 aromatic carbocycles. The third-order valence-electron chi connectivity index (χ3n) is 4.46. The third-order valence-corrected chi connectivity index (χ3v) is 6.00. The Hall–Kier alpha value is -2.72. The highest BCUT2D eigenvalue weighted by molar-refractivity contribution is 7.89. The molecule has 0 saturated heterocycles. The summed E-state index contributed by atoms with van der Waals surface area (Å²) >= 11 is 0. The maximum atomic E-state index is 12.6. The molecule has 2 aromatic rings. The normalized spacial score (nSPS) is 13.9. The Morgan fingerprint density at radius 1 is 1.17 bits per heavy atom. The van der Waals surface area contributed by atoms with E-state index in [1.807, 2.05) is 0 Å². The molecule has 10 heteroatoms. The lowest BCUT2D eigenvalue weighted by Gasteiger charge is -2.12. The second-order valence-electron chi connectivity index (χ2n) is 6.79. The predicted octanol–water partition coefficient (Wildman–Crippen LogP) is 2.71. The van der Waals surface area contributed by atoms with Gasteiger partial charge >= 0.3 is 6.61 Å². The van der Waals surface area contributed by atoms with E-state index >= 15 is 0 Å². The second kappa shape index (κ2) is 9.40. The van der Waals surface area contributed by atoms with Gasteiger partial charge in [0.2, 0.25) is 10.0 Å². The van der Waals surface area contributed by atoms with Gasteiger partial charge in [0.15, 0.2) is 0 Å². The summed E-state index contributed by atoms with van der Waals surface area (Å²) in [5, 5.41) is 2.72. The van der Waals surface area contributed by atoms with E-state index in [9.17, 15) is 22.0 Å². The van der Waals surface area contributed by atoms with Crippen molar-refractivity contribution >= 4 is 15.9 Å². The first kappa shape index (κ1) is 22.0. The number of methoxy groups -OCH3 is 1. The first-order valence-electron chi connectivity index (χ1n) is 9.31. The van der Waals surface area contributed by atoms with Gasteiger partial charge in [0.25, 0.3) is 5.91 Å². The Morgan fingerprint density at radius 2 is 1.87 bits per heavy atom. The molecule has 1 fully saturated rings. The molecule has 0 aromatic heterocycles. The zero-order chi connectivity index (χ0) is 21.7. The summed E-state index contributed by atoms with van der Waals surface area (Å²) in [5.74, 6) is -0.214. The van der Waals surface area contributed by atoms with E-state index < -0.39 is 22.5 Å². The van der Waals surface area contributed by atoms with Crippen LogP contribution < -0.4 is 19.5 Å². The van der Waals surface area contributed by atoms with Crippen LogP contribution in [0, 0.1) is 0 Å². The largest absolute Gasteiger partial charge is 0.495 e. The van der Waals surface area contributed by atoms with E-state index in [1.165, 1.54) is 37.4 Å². The van der Waals surface area contributed by atoms with Gasteiger partial charge in [-0.25, -0.2) is 13.1 Å². The van der Waals surface area contributed by atoms with Crippen molar-refractivity contribution in [2.45, 2.75) is 36.8 Å². The maximum Gasteiger partial charge on any atom is 0.387 e. The summed E-state index contributed by atoms with van der Waals surface area (Å²) in [7, 11) is -2.43. The fourth-order valence-electron chi connectivity index (χ4n) is 2.77. The summed E-state index contributed by atoms with van der Waals surface area (Å²) in [5.41, 5.74) is 1.01. The van der Waals surface area contributed by atoms with Crippen LogP contribution in [0.15, 0.2) is 47.4 Å². The molecule has 1 saturated carbocycles. The highest BCUT2D eigenvalue weighted by Gasteiger charge is 2.30. The van der Waals surface area contributed by atoms with Crippen LogP contribution >= 0.6 is 0 Å². The Balaban J connectivity index is 1.61. The van der Waals surface area contributed by atoms with Crippen molar-refractivity contribution in [3.63, 3.8) is 0 Å². The summed E-state index contributed by atoms with van der Waals surface area (Å²) < 4.78 is 61.4. The lowest BCUT2D eigenvalue weighted by atomic mass is 10.1. The van der Waals surface area contributed by atoms with E-state index in [0.717, 1.165) is 18.4 Å². The molecule has 0 radical (unpaired) electrons. The summed E-state index contributed by atoms with van der Waals surface area (Å²) in [6, 6.07) is 10.3. The van der Waals surface area contributed by atoms with Crippen LogP contribution in [0.2, 0.25) is 0 Å². The highest BCUT2D eigenvalue weighted by atomic mass is 32.2. The number of ether oxygens (including phenoxy) is 2. The van der Waals surface area contributed by atoms with Crippen molar-refractivity contribution < 1.29 is 31.5 Å². The molecule has 0 heterocycles. The van der Waals surface area contributed by atoms with Crippen LogP contribution in [-0.4, -0.2) is 40.6 Å². The van der Waals surface area contributed by atoms with Gasteiger partial charge in [-0.2, -0.15) is 8.78 Å². The van der Waals surface area contributed by atoms with Crippen molar-refractivity contribution in [1.82, 2.24) is 10.0 Å². The van der Waals surface area contributed by atoms with Crippen LogP contribution in [0.4, 0.5) is 8.78 Å². The van der Waals surface area contributed by atoms with Gasteiger partial charge in [-0.15, -0.1) is 0 Å². The van der Waals surface area contributed by atoms with Crippen molar-refractivity contribution in [3.8, 4) is 11.5 Å². The fraction of sp³-hybridized carbons (Fsp3) is 0.350. The zero-order valence-electron chi connectivity index (χ0n) is 16.2. The van der Waals surface area contributed by atoms with Crippen LogP contribution in [0.1, 0.15) is 28.8 Å².